The molecule has 1 atom stereocenters. The van der Waals surface area contributed by atoms with Crippen LogP contribution >= 0.6 is 0 Å². The molecule has 4 rings (SSSR count). The monoisotopic (exact) mass is 359 g/mol. The van der Waals surface area contributed by atoms with Crippen LogP contribution in [-0.2, 0) is 0 Å². The van der Waals surface area contributed by atoms with Crippen molar-refractivity contribution in [1.29, 1.82) is 5.26 Å². The fraction of sp³-hybridized carbons (Fsp3) is 0.150. The highest BCUT2D eigenvalue weighted by molar-refractivity contribution is 5.71. The Bertz CT molecular complexity index is 1050. The molecule has 7 heteroatoms. The van der Waals surface area contributed by atoms with Gasteiger partial charge in [-0.2, -0.15) is 5.26 Å². The minimum Gasteiger partial charge on any atom is -0.494 e. The molecule has 3 aromatic rings. The number of aromatic amines is 1. The summed E-state index contributed by atoms with van der Waals surface area (Å²) in [7, 11) is 0. The van der Waals surface area contributed by atoms with Crippen molar-refractivity contribution in [2.75, 3.05) is 6.61 Å². The first-order valence-electron chi connectivity index (χ1n) is 8.52. The second-order valence-electron chi connectivity index (χ2n) is 5.98. The van der Waals surface area contributed by atoms with Gasteiger partial charge >= 0.3 is 0 Å². The van der Waals surface area contributed by atoms with Crippen molar-refractivity contribution < 1.29 is 9.47 Å². The Morgan fingerprint density at radius 1 is 1.30 bits per heavy atom. The average molecular weight is 359 g/mol. The van der Waals surface area contributed by atoms with Gasteiger partial charge in [0.15, 0.2) is 0 Å². The maximum absolute atomic E-state index is 9.70. The van der Waals surface area contributed by atoms with Crippen LogP contribution in [0.3, 0.4) is 0 Å². The third kappa shape index (κ3) is 2.87. The number of nitrogens with zero attached hydrogens (tertiary/aromatic N) is 3. The van der Waals surface area contributed by atoms with Gasteiger partial charge in [-0.1, -0.05) is 12.1 Å². The second-order valence-corrected chi connectivity index (χ2v) is 5.98. The van der Waals surface area contributed by atoms with Crippen molar-refractivity contribution in [2.24, 2.45) is 5.73 Å². The number of nitrogens with two attached hydrogens (primary N) is 1. The summed E-state index contributed by atoms with van der Waals surface area (Å²) in [5.41, 5.74) is 9.63. The van der Waals surface area contributed by atoms with Gasteiger partial charge in [0.25, 0.3) is 0 Å². The lowest BCUT2D eigenvalue weighted by molar-refractivity contribution is 0.340. The van der Waals surface area contributed by atoms with Crippen LogP contribution in [-0.4, -0.2) is 21.8 Å². The highest BCUT2D eigenvalue weighted by Crippen LogP contribution is 2.45. The van der Waals surface area contributed by atoms with Crippen LogP contribution in [0.25, 0.3) is 11.3 Å². The van der Waals surface area contributed by atoms with Crippen molar-refractivity contribution in [2.45, 2.75) is 12.8 Å². The van der Waals surface area contributed by atoms with Gasteiger partial charge in [-0.15, -0.1) is 5.10 Å². The largest absolute Gasteiger partial charge is 0.494 e. The molecule has 134 valence electrons. The zero-order chi connectivity index (χ0) is 18.8. The van der Waals surface area contributed by atoms with Crippen molar-refractivity contribution >= 4 is 0 Å². The van der Waals surface area contributed by atoms with E-state index < -0.39 is 5.92 Å². The van der Waals surface area contributed by atoms with Crippen LogP contribution in [0.4, 0.5) is 0 Å². The SMILES string of the molecule is CCOc1cccc(-c2[nH]nc3c2C(c2ccncc2)C(C#N)=C(N)O3)c1. The Morgan fingerprint density at radius 3 is 2.85 bits per heavy atom. The van der Waals surface area contributed by atoms with E-state index in [9.17, 15) is 5.26 Å². The number of hydrogen-bond acceptors (Lipinski definition) is 6. The lowest BCUT2D eigenvalue weighted by Crippen LogP contribution is -2.21. The fourth-order valence-corrected chi connectivity index (χ4v) is 3.26. The number of aromatic nitrogens is 3. The number of pyridine rings is 1. The Kier molecular flexibility index (Phi) is 4.22. The van der Waals surface area contributed by atoms with E-state index >= 15 is 0 Å². The molecule has 0 aliphatic carbocycles. The van der Waals surface area contributed by atoms with Gasteiger partial charge < -0.3 is 15.2 Å². The number of benzene rings is 1. The number of nitriles is 1. The number of H-pyrrole nitrogens is 1. The summed E-state index contributed by atoms with van der Waals surface area (Å²) in [6.45, 7) is 2.51. The molecule has 0 saturated carbocycles. The van der Waals surface area contributed by atoms with E-state index in [1.165, 1.54) is 0 Å². The Labute approximate surface area is 156 Å². The topological polar surface area (TPSA) is 110 Å². The normalized spacial score (nSPS) is 15.6. The van der Waals surface area contributed by atoms with Gasteiger partial charge in [0.2, 0.25) is 11.8 Å². The summed E-state index contributed by atoms with van der Waals surface area (Å²) in [4.78, 5) is 4.06. The molecule has 3 heterocycles. The Hall–Kier alpha value is -3.79. The molecule has 27 heavy (non-hydrogen) atoms. The van der Waals surface area contributed by atoms with Gasteiger partial charge in [-0.3, -0.25) is 10.1 Å². The molecule has 7 nitrogen and oxygen atoms in total. The molecule has 1 aliphatic heterocycles. The number of rotatable bonds is 4. The van der Waals surface area contributed by atoms with Crippen LogP contribution in [0.2, 0.25) is 0 Å². The summed E-state index contributed by atoms with van der Waals surface area (Å²) in [5.74, 6) is 0.787. The van der Waals surface area contributed by atoms with Crippen LogP contribution in [0, 0.1) is 11.3 Å². The van der Waals surface area contributed by atoms with Gasteiger partial charge in [-0.25, -0.2) is 0 Å². The van der Waals surface area contributed by atoms with Crippen molar-refractivity contribution in [3.63, 3.8) is 0 Å². The predicted octanol–water partition coefficient (Wildman–Crippen LogP) is 3.09. The summed E-state index contributed by atoms with van der Waals surface area (Å²) >= 11 is 0. The lowest BCUT2D eigenvalue weighted by atomic mass is 9.83. The van der Waals surface area contributed by atoms with Gasteiger partial charge in [0.05, 0.1) is 23.8 Å². The Morgan fingerprint density at radius 2 is 2.11 bits per heavy atom. The zero-order valence-electron chi connectivity index (χ0n) is 14.6. The Balaban J connectivity index is 1.90. The predicted molar refractivity (Wildman–Crippen MR) is 98.7 cm³/mol. The maximum Gasteiger partial charge on any atom is 0.244 e. The molecular weight excluding hydrogens is 342 g/mol. The second kappa shape index (κ2) is 6.84. The first-order chi connectivity index (χ1) is 13.2. The standard InChI is InChI=1S/C20H17N5O2/c1-2-26-14-5-3-4-13(10-14)18-17-16(12-6-8-23-9-7-12)15(11-21)19(22)27-20(17)25-24-18/h3-10,16H,2,22H2,1H3,(H,24,25). The smallest absolute Gasteiger partial charge is 0.244 e. The lowest BCUT2D eigenvalue weighted by Gasteiger charge is -2.24. The number of nitrogens with one attached hydrogen (secondary N) is 1. The average Bonchev–Trinajstić information content (AvgIpc) is 3.11. The van der Waals surface area contributed by atoms with Crippen LogP contribution in [0.5, 0.6) is 11.6 Å². The number of fused-ring (bicyclic) bond motifs is 1. The van der Waals surface area contributed by atoms with Crippen molar-refractivity contribution in [1.82, 2.24) is 15.2 Å². The highest BCUT2D eigenvalue weighted by Gasteiger charge is 2.35. The van der Waals surface area contributed by atoms with E-state index in [0.717, 1.165) is 28.1 Å². The summed E-state index contributed by atoms with van der Waals surface area (Å²) < 4.78 is 11.2. The van der Waals surface area contributed by atoms with E-state index in [1.54, 1.807) is 12.4 Å². The highest BCUT2D eigenvalue weighted by atomic mass is 16.5. The molecular formula is C20H17N5O2. The third-order valence-electron chi connectivity index (χ3n) is 4.41. The van der Waals surface area contributed by atoms with E-state index in [1.807, 2.05) is 43.3 Å². The molecule has 0 spiro atoms. The molecule has 0 saturated heterocycles. The van der Waals surface area contributed by atoms with Crippen molar-refractivity contribution in [3.05, 3.63) is 71.4 Å². The number of ether oxygens (including phenoxy) is 2. The van der Waals surface area contributed by atoms with Crippen LogP contribution in [0.1, 0.15) is 24.0 Å². The number of allylic oxidation sites excluding steroid dienone is 1. The van der Waals surface area contributed by atoms with E-state index in [2.05, 4.69) is 21.3 Å². The summed E-state index contributed by atoms with van der Waals surface area (Å²) in [6.07, 6.45) is 3.37. The van der Waals surface area contributed by atoms with E-state index in [-0.39, 0.29) is 5.88 Å². The fourth-order valence-electron chi connectivity index (χ4n) is 3.26. The third-order valence-corrected chi connectivity index (χ3v) is 4.41. The minimum absolute atomic E-state index is 0.0629. The first-order valence-corrected chi connectivity index (χ1v) is 8.52. The summed E-state index contributed by atoms with van der Waals surface area (Å²) in [6, 6.07) is 13.6. The van der Waals surface area contributed by atoms with Crippen molar-refractivity contribution in [3.8, 4) is 29.0 Å². The van der Waals surface area contributed by atoms with Crippen LogP contribution in [0.15, 0.2) is 60.2 Å². The van der Waals surface area contributed by atoms with E-state index in [0.29, 0.717) is 18.1 Å². The number of hydrogen-bond donors (Lipinski definition) is 2. The first kappa shape index (κ1) is 16.7. The maximum atomic E-state index is 9.70. The molecule has 1 aliphatic rings. The van der Waals surface area contributed by atoms with Gasteiger partial charge in [0, 0.05) is 18.0 Å². The molecule has 0 radical (unpaired) electrons. The molecule has 2 aromatic heterocycles. The molecule has 1 aromatic carbocycles. The zero-order valence-corrected chi connectivity index (χ0v) is 14.6. The molecule has 0 fully saturated rings. The summed E-state index contributed by atoms with van der Waals surface area (Å²) in [5, 5.41) is 17.0. The molecule has 3 N–H and O–H groups in total. The molecule has 1 unspecified atom stereocenters. The molecule has 0 bridgehead atoms. The van der Waals surface area contributed by atoms with E-state index in [4.69, 9.17) is 15.2 Å². The van der Waals surface area contributed by atoms with Crippen LogP contribution < -0.4 is 15.2 Å². The quantitative estimate of drug-likeness (QED) is 0.741. The van der Waals surface area contributed by atoms with Gasteiger partial charge in [0.1, 0.15) is 17.4 Å². The molecule has 0 amide bonds. The minimum atomic E-state index is -0.397. The van der Waals surface area contributed by atoms with Gasteiger partial charge in [-0.05, 0) is 36.8 Å².